The highest BCUT2D eigenvalue weighted by molar-refractivity contribution is 7.74. The summed E-state index contributed by atoms with van der Waals surface area (Å²) in [5.74, 6) is -0.0101. The number of hydrogen-bond donors (Lipinski definition) is 0. The predicted octanol–water partition coefficient (Wildman–Crippen LogP) is 5.95. The Bertz CT molecular complexity index is 1100. The van der Waals surface area contributed by atoms with Gasteiger partial charge in [-0.2, -0.15) is 0 Å². The fraction of sp³-hybridized carbons (Fsp3) is 0.150. The van der Waals surface area contributed by atoms with E-state index in [0.29, 0.717) is 32.5 Å². The summed E-state index contributed by atoms with van der Waals surface area (Å²) < 4.78 is 23.4. The number of carbonyl (C=O) groups is 1. The number of methoxy groups -OCH3 is 1. The third-order valence-corrected chi connectivity index (χ3v) is 6.68. The third kappa shape index (κ3) is 4.60. The van der Waals surface area contributed by atoms with Crippen molar-refractivity contribution >= 4 is 36.8 Å². The molecule has 0 aliphatic carbocycles. The maximum absolute atomic E-state index is 14.0. The van der Waals surface area contributed by atoms with Crippen LogP contribution in [-0.2, 0) is 0 Å². The molecule has 6 nitrogen and oxygen atoms in total. The van der Waals surface area contributed by atoms with Crippen LogP contribution in [-0.4, -0.2) is 30.5 Å². The monoisotopic (exact) mass is 429 g/mol. The molecule has 0 aliphatic rings. The lowest BCUT2D eigenvalue weighted by molar-refractivity contribution is 0.108. The van der Waals surface area contributed by atoms with Gasteiger partial charge in [0.25, 0.3) is 0 Å². The molecule has 29 heavy (non-hydrogen) atoms. The third-order valence-electron chi connectivity index (χ3n) is 4.07. The summed E-state index contributed by atoms with van der Waals surface area (Å²) in [5.41, 5.74) is 1.58. The van der Waals surface area contributed by atoms with Crippen LogP contribution in [0.5, 0.6) is 5.75 Å². The van der Waals surface area contributed by atoms with Gasteiger partial charge in [0.15, 0.2) is 0 Å². The van der Waals surface area contributed by atoms with Crippen molar-refractivity contribution in [1.82, 2.24) is 4.98 Å². The zero-order chi connectivity index (χ0) is 21.0. The minimum absolute atomic E-state index is 0.143. The minimum Gasteiger partial charge on any atom is -0.494 e. The molecule has 0 amide bonds. The lowest BCUT2D eigenvalue weighted by atomic mass is 10.2. The normalized spacial score (nSPS) is 12.1. The van der Waals surface area contributed by atoms with E-state index in [1.165, 1.54) is 25.5 Å². The summed E-state index contributed by atoms with van der Waals surface area (Å²) in [6, 6.07) is 11.2. The maximum Gasteiger partial charge on any atom is 0.218 e. The number of thiazole rings is 1. The van der Waals surface area contributed by atoms with Gasteiger partial charge in [-0.25, -0.2) is 9.37 Å². The molecule has 1 heterocycles. The number of benzene rings is 2. The van der Waals surface area contributed by atoms with E-state index < -0.39 is 8.07 Å². The van der Waals surface area contributed by atoms with Crippen LogP contribution in [0.4, 0.5) is 10.1 Å². The van der Waals surface area contributed by atoms with Crippen molar-refractivity contribution in [2.24, 2.45) is 9.94 Å². The molecule has 1 unspecified atom stereocenters. The predicted molar refractivity (Wildman–Crippen MR) is 115 cm³/mol. The molecule has 0 saturated heterocycles. The summed E-state index contributed by atoms with van der Waals surface area (Å²) in [6.45, 7) is 3.46. The second-order valence-corrected chi connectivity index (χ2v) is 8.69. The summed E-state index contributed by atoms with van der Waals surface area (Å²) in [6.07, 6.45) is 1.53. The smallest absolute Gasteiger partial charge is 0.218 e. The summed E-state index contributed by atoms with van der Waals surface area (Å²) in [7, 11) is 0.0740. The van der Waals surface area contributed by atoms with Crippen LogP contribution in [0.3, 0.4) is 0 Å². The Morgan fingerprint density at radius 1 is 1.28 bits per heavy atom. The van der Waals surface area contributed by atoms with E-state index in [2.05, 4.69) is 14.9 Å². The van der Waals surface area contributed by atoms with Gasteiger partial charge in [-0.1, -0.05) is 12.1 Å². The van der Waals surface area contributed by atoms with Crippen LogP contribution >= 0.6 is 19.4 Å². The molecule has 0 fully saturated rings. The molecular formula is C20H17FN3O3PS. The zero-order valence-electron chi connectivity index (χ0n) is 15.9. The number of carbonyl (C=O) groups excluding carboxylic acids is 1. The van der Waals surface area contributed by atoms with Gasteiger partial charge in [-0.05, 0) is 54.7 Å². The van der Waals surface area contributed by atoms with Crippen molar-refractivity contribution in [1.29, 1.82) is 0 Å². The SMILES string of the molecule is COc1ccc(/C=N/P(C)C(=O)c2sc(-c3ccccc3F)nc2C)cc1N=O. The van der Waals surface area contributed by atoms with Gasteiger partial charge in [-0.15, -0.1) is 16.2 Å². The van der Waals surface area contributed by atoms with Crippen molar-refractivity contribution < 1.29 is 13.9 Å². The van der Waals surface area contributed by atoms with Gasteiger partial charge in [-0.3, -0.25) is 9.56 Å². The van der Waals surface area contributed by atoms with E-state index in [1.54, 1.807) is 43.9 Å². The van der Waals surface area contributed by atoms with Gasteiger partial charge in [0.05, 0.1) is 25.8 Å². The topological polar surface area (TPSA) is 81.0 Å². The Morgan fingerprint density at radius 3 is 2.72 bits per heavy atom. The lowest BCUT2D eigenvalue weighted by Crippen LogP contribution is -1.95. The molecule has 0 spiro atoms. The average molecular weight is 429 g/mol. The molecule has 3 aromatic rings. The quantitative estimate of drug-likeness (QED) is 0.264. The van der Waals surface area contributed by atoms with Gasteiger partial charge in [0.1, 0.15) is 22.3 Å². The van der Waals surface area contributed by atoms with E-state index in [-0.39, 0.29) is 17.0 Å². The largest absolute Gasteiger partial charge is 0.494 e. The number of ether oxygens (including phenoxy) is 1. The standard InChI is InChI=1S/C20H17FN3O3PS/c1-12-18(29-19(23-12)14-6-4-5-7-15(14)21)20(25)28(3)22-11-13-8-9-17(27-2)16(10-13)24-26/h4-11H,1-3H3/b22-11+. The molecule has 1 atom stereocenters. The van der Waals surface area contributed by atoms with Crippen LogP contribution in [0.1, 0.15) is 20.9 Å². The number of nitrogens with zero attached hydrogens (tertiary/aromatic N) is 3. The van der Waals surface area contributed by atoms with E-state index in [4.69, 9.17) is 4.74 Å². The Hall–Kier alpha value is -2.83. The zero-order valence-corrected chi connectivity index (χ0v) is 17.6. The molecule has 0 radical (unpaired) electrons. The molecule has 1 aromatic heterocycles. The fourth-order valence-electron chi connectivity index (χ4n) is 2.56. The number of aromatic nitrogens is 1. The van der Waals surface area contributed by atoms with Crippen molar-refractivity contribution in [3.63, 3.8) is 0 Å². The maximum atomic E-state index is 14.0. The van der Waals surface area contributed by atoms with Crippen LogP contribution < -0.4 is 4.74 Å². The first-order valence-corrected chi connectivity index (χ1v) is 11.1. The van der Waals surface area contributed by atoms with Gasteiger partial charge >= 0.3 is 0 Å². The molecule has 148 valence electrons. The summed E-state index contributed by atoms with van der Waals surface area (Å²) in [4.78, 5) is 28.6. The first kappa shape index (κ1) is 20.9. The Morgan fingerprint density at radius 2 is 2.03 bits per heavy atom. The van der Waals surface area contributed by atoms with Crippen molar-refractivity contribution in [2.45, 2.75) is 6.92 Å². The highest BCUT2D eigenvalue weighted by atomic mass is 32.1. The summed E-state index contributed by atoms with van der Waals surface area (Å²) in [5, 5.41) is 3.39. The van der Waals surface area contributed by atoms with Crippen LogP contribution in [0.15, 0.2) is 52.4 Å². The molecule has 2 aromatic carbocycles. The Labute approximate surface area is 172 Å². The highest BCUT2D eigenvalue weighted by Gasteiger charge is 2.22. The second kappa shape index (κ2) is 9.11. The van der Waals surface area contributed by atoms with Gasteiger partial charge in [0, 0.05) is 11.8 Å². The van der Waals surface area contributed by atoms with Crippen molar-refractivity contribution in [3.05, 3.63) is 69.3 Å². The molecule has 0 N–H and O–H groups in total. The minimum atomic E-state index is -1.38. The van der Waals surface area contributed by atoms with E-state index in [9.17, 15) is 14.1 Å². The number of hydrogen-bond acceptors (Lipinski definition) is 7. The van der Waals surface area contributed by atoms with E-state index in [1.807, 2.05) is 0 Å². The molecule has 9 heteroatoms. The van der Waals surface area contributed by atoms with Gasteiger partial charge in [0.2, 0.25) is 5.52 Å². The Balaban J connectivity index is 1.81. The first-order valence-electron chi connectivity index (χ1n) is 8.50. The van der Waals surface area contributed by atoms with E-state index >= 15 is 0 Å². The number of aryl methyl sites for hydroxylation is 1. The van der Waals surface area contributed by atoms with Crippen LogP contribution in [0.25, 0.3) is 10.6 Å². The number of rotatable bonds is 7. The Kier molecular flexibility index (Phi) is 6.56. The van der Waals surface area contributed by atoms with E-state index in [0.717, 1.165) is 11.3 Å². The highest BCUT2D eigenvalue weighted by Crippen LogP contribution is 2.41. The molecule has 0 aliphatic heterocycles. The fourth-order valence-corrected chi connectivity index (χ4v) is 4.89. The van der Waals surface area contributed by atoms with Crippen molar-refractivity contribution in [3.8, 4) is 16.3 Å². The van der Waals surface area contributed by atoms with Crippen LogP contribution in [0, 0.1) is 17.6 Å². The molecule has 0 bridgehead atoms. The summed E-state index contributed by atoms with van der Waals surface area (Å²) >= 11 is 1.16. The van der Waals surface area contributed by atoms with Crippen molar-refractivity contribution in [2.75, 3.05) is 13.8 Å². The molecule has 0 saturated carbocycles. The van der Waals surface area contributed by atoms with Crippen LogP contribution in [0.2, 0.25) is 0 Å². The average Bonchev–Trinajstić information content (AvgIpc) is 3.12. The second-order valence-electron chi connectivity index (χ2n) is 6.01. The lowest BCUT2D eigenvalue weighted by Gasteiger charge is -2.05. The number of halogens is 1. The molecular weight excluding hydrogens is 412 g/mol. The molecule has 3 rings (SSSR count). The first-order chi connectivity index (χ1) is 13.9. The number of nitroso groups, excluding NO2 is 1. The van der Waals surface area contributed by atoms with Gasteiger partial charge < -0.3 is 4.74 Å².